The molecule has 0 atom stereocenters. The number of nitrogens with one attached hydrogen (secondary N) is 2. The summed E-state index contributed by atoms with van der Waals surface area (Å²) in [5.41, 5.74) is 0.101. The first kappa shape index (κ1) is 14.1. The molecule has 0 unspecified atom stereocenters. The van der Waals surface area contributed by atoms with Gasteiger partial charge in [0.1, 0.15) is 11.2 Å². The Morgan fingerprint density at radius 1 is 1.18 bits per heavy atom. The molecule has 2 amide bonds. The van der Waals surface area contributed by atoms with Gasteiger partial charge >= 0.3 is 0 Å². The molecule has 1 aromatic carbocycles. The number of benzene rings is 1. The van der Waals surface area contributed by atoms with Gasteiger partial charge in [-0.05, 0) is 44.0 Å². The van der Waals surface area contributed by atoms with Gasteiger partial charge in [-0.3, -0.25) is 14.9 Å². The number of aryl methyl sites for hydroxylation is 1. The van der Waals surface area contributed by atoms with Gasteiger partial charge in [-0.2, -0.15) is 0 Å². The summed E-state index contributed by atoms with van der Waals surface area (Å²) in [6.45, 7) is 1.74. The Morgan fingerprint density at radius 2 is 1.82 bits per heavy atom. The summed E-state index contributed by atoms with van der Waals surface area (Å²) in [4.78, 5) is 24.6. The molecule has 0 spiro atoms. The van der Waals surface area contributed by atoms with E-state index in [1.165, 1.54) is 12.1 Å². The van der Waals surface area contributed by atoms with Crippen LogP contribution in [0.15, 0.2) is 34.9 Å². The van der Waals surface area contributed by atoms with Crippen LogP contribution in [0.3, 0.4) is 0 Å². The number of aromatic nitrogens is 1. The lowest BCUT2D eigenvalue weighted by molar-refractivity contribution is -0.131. The number of hydrogen-bond donors (Lipinski definition) is 3. The minimum absolute atomic E-state index is 0.109. The maximum atomic E-state index is 12.3. The number of nitrogens with zero attached hydrogens (tertiary/aromatic N) is 1. The van der Waals surface area contributed by atoms with Gasteiger partial charge in [0.05, 0.1) is 5.69 Å². The van der Waals surface area contributed by atoms with Crippen LogP contribution in [-0.2, 0) is 9.59 Å². The van der Waals surface area contributed by atoms with Gasteiger partial charge in [0.25, 0.3) is 0 Å². The van der Waals surface area contributed by atoms with Crippen LogP contribution in [0.1, 0.15) is 18.5 Å². The maximum Gasteiger partial charge on any atom is 0.242 e. The average molecular weight is 301 g/mol. The Morgan fingerprint density at radius 3 is 2.36 bits per heavy atom. The third-order valence-electron chi connectivity index (χ3n) is 3.61. The monoisotopic (exact) mass is 301 g/mol. The third-order valence-corrected chi connectivity index (χ3v) is 3.61. The summed E-state index contributed by atoms with van der Waals surface area (Å²) in [6.07, 6.45) is 0.964. The molecule has 1 fully saturated rings. The summed E-state index contributed by atoms with van der Waals surface area (Å²) in [5, 5.41) is 18.2. The number of anilines is 2. The van der Waals surface area contributed by atoms with E-state index in [4.69, 9.17) is 4.52 Å². The van der Waals surface area contributed by atoms with E-state index in [0.717, 1.165) is 0 Å². The molecule has 0 saturated heterocycles. The smallest absolute Gasteiger partial charge is 0.242 e. The Balaban J connectivity index is 1.68. The molecule has 3 rings (SSSR count). The molecule has 0 aliphatic heterocycles. The van der Waals surface area contributed by atoms with Crippen molar-refractivity contribution in [2.45, 2.75) is 19.8 Å². The van der Waals surface area contributed by atoms with Gasteiger partial charge in [-0.25, -0.2) is 0 Å². The number of phenolic OH excluding ortho intramolecular Hbond substituents is 1. The molecule has 114 valence electrons. The van der Waals surface area contributed by atoms with Crippen molar-refractivity contribution in [2.75, 3.05) is 10.6 Å². The zero-order chi connectivity index (χ0) is 15.7. The minimum atomic E-state index is -1.07. The van der Waals surface area contributed by atoms with E-state index in [1.54, 1.807) is 25.1 Å². The van der Waals surface area contributed by atoms with E-state index >= 15 is 0 Å². The Bertz CT molecular complexity index is 717. The maximum absolute atomic E-state index is 12.3. The largest absolute Gasteiger partial charge is 0.508 e. The van der Waals surface area contributed by atoms with Gasteiger partial charge in [0.2, 0.25) is 17.7 Å². The normalized spacial score (nSPS) is 15.1. The van der Waals surface area contributed by atoms with Crippen molar-refractivity contribution in [1.29, 1.82) is 0 Å². The fourth-order valence-corrected chi connectivity index (χ4v) is 2.13. The molecule has 7 heteroatoms. The first-order valence-corrected chi connectivity index (χ1v) is 6.85. The predicted molar refractivity (Wildman–Crippen MR) is 78.3 cm³/mol. The van der Waals surface area contributed by atoms with Gasteiger partial charge in [-0.1, -0.05) is 5.16 Å². The van der Waals surface area contributed by atoms with Gasteiger partial charge in [-0.15, -0.1) is 0 Å². The number of aromatic hydroxyl groups is 1. The average Bonchev–Trinajstić information content (AvgIpc) is 3.21. The zero-order valence-corrected chi connectivity index (χ0v) is 11.9. The predicted octanol–water partition coefficient (Wildman–Crippen LogP) is 2.05. The lowest BCUT2D eigenvalue weighted by atomic mass is 10.1. The highest BCUT2D eigenvalue weighted by Crippen LogP contribution is 2.47. The Hall–Kier alpha value is -2.83. The van der Waals surface area contributed by atoms with Gasteiger partial charge in [0.15, 0.2) is 0 Å². The van der Waals surface area contributed by atoms with E-state index in [1.807, 2.05) is 0 Å². The van der Waals surface area contributed by atoms with Crippen molar-refractivity contribution in [3.63, 3.8) is 0 Å². The van der Waals surface area contributed by atoms with E-state index in [0.29, 0.717) is 24.2 Å². The second kappa shape index (κ2) is 5.18. The molecule has 1 aliphatic rings. The molecular weight excluding hydrogens is 286 g/mol. The Kier molecular flexibility index (Phi) is 3.32. The molecule has 1 saturated carbocycles. The van der Waals surface area contributed by atoms with Crippen LogP contribution < -0.4 is 10.6 Å². The first-order chi connectivity index (χ1) is 10.5. The minimum Gasteiger partial charge on any atom is -0.508 e. The highest BCUT2D eigenvalue weighted by molar-refractivity contribution is 6.16. The van der Waals surface area contributed by atoms with Crippen LogP contribution in [0.4, 0.5) is 11.6 Å². The summed E-state index contributed by atoms with van der Waals surface area (Å²) >= 11 is 0. The standard InChI is InChI=1S/C15H15N3O4/c1-9-8-12(22-18-9)17-14(21)15(6-7-15)13(20)16-10-2-4-11(19)5-3-10/h2-5,8,19H,6-7H2,1H3,(H,16,20)(H,17,21). The molecular formula is C15H15N3O4. The van der Waals surface area contributed by atoms with Crippen molar-refractivity contribution in [1.82, 2.24) is 5.16 Å². The topological polar surface area (TPSA) is 104 Å². The van der Waals surface area contributed by atoms with Gasteiger partial charge in [0, 0.05) is 11.8 Å². The molecule has 7 nitrogen and oxygen atoms in total. The number of phenols is 1. The molecule has 0 bridgehead atoms. The fraction of sp³-hybridized carbons (Fsp3) is 0.267. The van der Waals surface area contributed by atoms with Crippen LogP contribution in [0.2, 0.25) is 0 Å². The molecule has 1 aliphatic carbocycles. The van der Waals surface area contributed by atoms with E-state index in [-0.39, 0.29) is 17.5 Å². The van der Waals surface area contributed by atoms with Crippen molar-refractivity contribution in [3.05, 3.63) is 36.0 Å². The number of amides is 2. The molecule has 0 radical (unpaired) electrons. The van der Waals surface area contributed by atoms with Crippen molar-refractivity contribution >= 4 is 23.4 Å². The fourth-order valence-electron chi connectivity index (χ4n) is 2.13. The lowest BCUT2D eigenvalue weighted by Crippen LogP contribution is -2.35. The van der Waals surface area contributed by atoms with E-state index in [9.17, 15) is 14.7 Å². The third kappa shape index (κ3) is 2.65. The zero-order valence-electron chi connectivity index (χ0n) is 11.9. The van der Waals surface area contributed by atoms with Crippen molar-refractivity contribution < 1.29 is 19.2 Å². The molecule has 2 aromatic rings. The highest BCUT2D eigenvalue weighted by Gasteiger charge is 2.56. The molecule has 1 aromatic heterocycles. The number of rotatable bonds is 4. The van der Waals surface area contributed by atoms with Crippen LogP contribution in [0, 0.1) is 12.3 Å². The molecule has 22 heavy (non-hydrogen) atoms. The first-order valence-electron chi connectivity index (χ1n) is 6.85. The molecule has 3 N–H and O–H groups in total. The van der Waals surface area contributed by atoms with Crippen molar-refractivity contribution in [3.8, 4) is 5.75 Å². The second-order valence-electron chi connectivity index (χ2n) is 5.37. The summed E-state index contributed by atoms with van der Waals surface area (Å²) in [6, 6.07) is 7.66. The van der Waals surface area contributed by atoms with E-state index < -0.39 is 11.3 Å². The number of carbonyl (C=O) groups is 2. The van der Waals surface area contributed by atoms with Crippen LogP contribution in [-0.4, -0.2) is 22.1 Å². The molecule has 1 heterocycles. The van der Waals surface area contributed by atoms with Crippen LogP contribution in [0.5, 0.6) is 5.75 Å². The quantitative estimate of drug-likeness (QED) is 0.592. The number of hydrogen-bond acceptors (Lipinski definition) is 5. The van der Waals surface area contributed by atoms with Crippen LogP contribution >= 0.6 is 0 Å². The van der Waals surface area contributed by atoms with Crippen LogP contribution in [0.25, 0.3) is 0 Å². The van der Waals surface area contributed by atoms with E-state index in [2.05, 4.69) is 15.8 Å². The number of carbonyl (C=O) groups excluding carboxylic acids is 2. The highest BCUT2D eigenvalue weighted by atomic mass is 16.5. The second-order valence-corrected chi connectivity index (χ2v) is 5.37. The van der Waals surface area contributed by atoms with Crippen molar-refractivity contribution in [2.24, 2.45) is 5.41 Å². The lowest BCUT2D eigenvalue weighted by Gasteiger charge is -2.14. The SMILES string of the molecule is Cc1cc(NC(=O)C2(C(=O)Nc3ccc(O)cc3)CC2)on1. The van der Waals surface area contributed by atoms with Gasteiger partial charge < -0.3 is 14.9 Å². The Labute approximate surface area is 126 Å². The summed E-state index contributed by atoms with van der Waals surface area (Å²) < 4.78 is 4.93. The summed E-state index contributed by atoms with van der Waals surface area (Å²) in [5.74, 6) is -0.435. The summed E-state index contributed by atoms with van der Waals surface area (Å²) in [7, 11) is 0.